The minimum absolute atomic E-state index is 0. The summed E-state index contributed by atoms with van der Waals surface area (Å²) >= 11 is 0. The summed E-state index contributed by atoms with van der Waals surface area (Å²) in [6.07, 6.45) is 0. The molecule has 0 fully saturated rings. The summed E-state index contributed by atoms with van der Waals surface area (Å²) in [6.45, 7) is 0. The lowest BCUT2D eigenvalue weighted by molar-refractivity contribution is 0.0632. The molecule has 0 aliphatic heterocycles. The summed E-state index contributed by atoms with van der Waals surface area (Å²) < 4.78 is 0. The Bertz CT molecular complexity index is 918. The fourth-order valence-electron chi connectivity index (χ4n) is 2.28. The van der Waals surface area contributed by atoms with E-state index in [1.165, 1.54) is 12.1 Å². The van der Waals surface area contributed by atoms with Gasteiger partial charge in [-0.15, -0.1) is 0 Å². The van der Waals surface area contributed by atoms with Gasteiger partial charge in [-0.05, 0) is 24.3 Å². The Morgan fingerprint density at radius 2 is 0.613 bits per heavy atom. The Morgan fingerprint density at radius 1 is 0.419 bits per heavy atom. The third kappa shape index (κ3) is 6.10. The molecular formula is C18H14O13. The predicted octanol–water partition coefficient (Wildman–Crippen LogP) is 0.738. The van der Waals surface area contributed by atoms with Gasteiger partial charge in [0.05, 0.1) is 33.4 Å². The van der Waals surface area contributed by atoms with E-state index in [1.807, 2.05) is 0 Å². The summed E-state index contributed by atoms with van der Waals surface area (Å²) in [5.74, 6) is -9.06. The first-order valence-electron chi connectivity index (χ1n) is 7.55. The van der Waals surface area contributed by atoms with Crippen molar-refractivity contribution in [3.63, 3.8) is 0 Å². The smallest absolute Gasteiger partial charge is 0.337 e. The van der Waals surface area contributed by atoms with E-state index >= 15 is 0 Å². The molecule has 0 saturated heterocycles. The molecule has 164 valence electrons. The number of rotatable bonds is 6. The van der Waals surface area contributed by atoms with Crippen LogP contribution < -0.4 is 0 Å². The summed E-state index contributed by atoms with van der Waals surface area (Å²) in [5, 5.41) is 52.1. The van der Waals surface area contributed by atoms with Crippen LogP contribution in [0.5, 0.6) is 0 Å². The normalized spacial score (nSPS) is 9.29. The third-order valence-electron chi connectivity index (χ3n) is 3.48. The van der Waals surface area contributed by atoms with Crippen LogP contribution in [0.25, 0.3) is 0 Å². The molecular weight excluding hydrogens is 424 g/mol. The van der Waals surface area contributed by atoms with Crippen LogP contribution in [0.4, 0.5) is 0 Å². The van der Waals surface area contributed by atoms with Gasteiger partial charge in [0.1, 0.15) is 0 Å². The predicted molar refractivity (Wildman–Crippen MR) is 98.3 cm³/mol. The fourth-order valence-corrected chi connectivity index (χ4v) is 2.28. The maximum Gasteiger partial charge on any atom is 0.337 e. The van der Waals surface area contributed by atoms with Crippen molar-refractivity contribution < 1.29 is 64.9 Å². The number of carboxylic acids is 6. The highest BCUT2D eigenvalue weighted by Gasteiger charge is 2.24. The fraction of sp³-hybridized carbons (Fsp3) is 0. The van der Waals surface area contributed by atoms with Crippen LogP contribution >= 0.6 is 0 Å². The standard InChI is InChI=1S/2C9H6O6.H2O/c2*10-7(11)4-2-1-3-5(8(12)13)6(4)9(14)15;/h2*1-3H,(H,10,11)(H,12,13)(H,14,15);1H2. The lowest BCUT2D eigenvalue weighted by Crippen LogP contribution is -2.14. The summed E-state index contributed by atoms with van der Waals surface area (Å²) in [7, 11) is 0. The van der Waals surface area contributed by atoms with E-state index in [2.05, 4.69) is 0 Å². The van der Waals surface area contributed by atoms with Crippen LogP contribution in [-0.2, 0) is 0 Å². The summed E-state index contributed by atoms with van der Waals surface area (Å²) in [4.78, 5) is 64.0. The summed E-state index contributed by atoms with van der Waals surface area (Å²) in [5.41, 5.74) is -3.58. The highest BCUT2D eigenvalue weighted by Crippen LogP contribution is 2.16. The van der Waals surface area contributed by atoms with Crippen molar-refractivity contribution in [3.05, 3.63) is 69.8 Å². The van der Waals surface area contributed by atoms with E-state index in [1.54, 1.807) is 0 Å². The number of carboxylic acid groups (broad SMARTS) is 6. The zero-order valence-electron chi connectivity index (χ0n) is 15.1. The van der Waals surface area contributed by atoms with E-state index in [9.17, 15) is 28.8 Å². The molecule has 2 rings (SSSR count). The second-order valence-corrected chi connectivity index (χ2v) is 5.29. The van der Waals surface area contributed by atoms with Gasteiger partial charge in [-0.1, -0.05) is 12.1 Å². The lowest BCUT2D eigenvalue weighted by atomic mass is 10.0. The molecule has 2 aromatic rings. The Morgan fingerprint density at radius 3 is 0.742 bits per heavy atom. The minimum Gasteiger partial charge on any atom is -0.478 e. The van der Waals surface area contributed by atoms with Gasteiger partial charge in [-0.3, -0.25) is 0 Å². The number of aromatic carboxylic acids is 6. The lowest BCUT2D eigenvalue weighted by Gasteiger charge is -2.04. The number of hydrogen-bond acceptors (Lipinski definition) is 6. The first kappa shape index (κ1) is 26.2. The van der Waals surface area contributed by atoms with Crippen LogP contribution in [0.3, 0.4) is 0 Å². The molecule has 0 aliphatic carbocycles. The van der Waals surface area contributed by atoms with E-state index in [-0.39, 0.29) is 5.48 Å². The Hall–Kier alpha value is -4.78. The molecule has 0 heterocycles. The molecule has 0 unspecified atom stereocenters. The van der Waals surface area contributed by atoms with E-state index in [0.717, 1.165) is 24.3 Å². The van der Waals surface area contributed by atoms with Gasteiger partial charge in [0.15, 0.2) is 0 Å². The number of carbonyl (C=O) groups is 6. The van der Waals surface area contributed by atoms with Gasteiger partial charge in [-0.2, -0.15) is 0 Å². The van der Waals surface area contributed by atoms with Gasteiger partial charge in [0.2, 0.25) is 0 Å². The quantitative estimate of drug-likeness (QED) is 0.365. The third-order valence-corrected chi connectivity index (χ3v) is 3.48. The topological polar surface area (TPSA) is 255 Å². The van der Waals surface area contributed by atoms with Gasteiger partial charge in [-0.25, -0.2) is 28.8 Å². The van der Waals surface area contributed by atoms with Gasteiger partial charge in [0.25, 0.3) is 0 Å². The Labute approximate surface area is 171 Å². The molecule has 13 heteroatoms. The number of hydrogen-bond donors (Lipinski definition) is 6. The largest absolute Gasteiger partial charge is 0.478 e. The second-order valence-electron chi connectivity index (χ2n) is 5.29. The van der Waals surface area contributed by atoms with Crippen LogP contribution in [0.1, 0.15) is 62.1 Å². The molecule has 0 amide bonds. The second kappa shape index (κ2) is 10.7. The average molecular weight is 438 g/mol. The molecule has 0 spiro atoms. The molecule has 8 N–H and O–H groups in total. The number of benzene rings is 2. The highest BCUT2D eigenvalue weighted by molar-refractivity contribution is 6.09. The molecule has 0 bridgehead atoms. The minimum atomic E-state index is -1.58. The van der Waals surface area contributed by atoms with Crippen LogP contribution in [-0.4, -0.2) is 71.9 Å². The Balaban J connectivity index is 0.000000562. The van der Waals surface area contributed by atoms with Crippen LogP contribution in [0, 0.1) is 0 Å². The maximum atomic E-state index is 10.7. The van der Waals surface area contributed by atoms with Crippen molar-refractivity contribution in [2.45, 2.75) is 0 Å². The molecule has 0 saturated carbocycles. The molecule has 0 aliphatic rings. The highest BCUT2D eigenvalue weighted by atomic mass is 16.4. The van der Waals surface area contributed by atoms with Crippen molar-refractivity contribution in [1.29, 1.82) is 0 Å². The van der Waals surface area contributed by atoms with E-state index < -0.39 is 69.2 Å². The van der Waals surface area contributed by atoms with Crippen LogP contribution in [0.2, 0.25) is 0 Å². The zero-order valence-corrected chi connectivity index (χ0v) is 15.1. The molecule has 2 aromatic carbocycles. The molecule has 31 heavy (non-hydrogen) atoms. The van der Waals surface area contributed by atoms with Crippen molar-refractivity contribution >= 4 is 35.8 Å². The molecule has 0 atom stereocenters. The van der Waals surface area contributed by atoms with Gasteiger partial charge in [0, 0.05) is 0 Å². The van der Waals surface area contributed by atoms with Crippen molar-refractivity contribution in [1.82, 2.24) is 0 Å². The molecule has 0 radical (unpaired) electrons. The molecule has 0 aromatic heterocycles. The molecule has 13 nitrogen and oxygen atoms in total. The summed E-state index contributed by atoms with van der Waals surface area (Å²) in [6, 6.07) is 6.52. The first-order valence-corrected chi connectivity index (χ1v) is 7.55. The van der Waals surface area contributed by atoms with E-state index in [0.29, 0.717) is 0 Å². The van der Waals surface area contributed by atoms with Crippen molar-refractivity contribution in [2.75, 3.05) is 0 Å². The van der Waals surface area contributed by atoms with Crippen molar-refractivity contribution in [2.24, 2.45) is 0 Å². The van der Waals surface area contributed by atoms with E-state index in [4.69, 9.17) is 30.6 Å². The van der Waals surface area contributed by atoms with Crippen molar-refractivity contribution in [3.8, 4) is 0 Å². The van der Waals surface area contributed by atoms with Gasteiger partial charge < -0.3 is 36.1 Å². The maximum absolute atomic E-state index is 10.7. The SMILES string of the molecule is O.O=C(O)c1cccc(C(=O)O)c1C(=O)O.O=C(O)c1cccc(C(=O)O)c1C(=O)O. The Kier molecular flexibility index (Phi) is 9.03. The average Bonchev–Trinajstić information content (AvgIpc) is 2.66. The zero-order chi connectivity index (χ0) is 23.2. The van der Waals surface area contributed by atoms with Crippen LogP contribution in [0.15, 0.2) is 36.4 Å². The van der Waals surface area contributed by atoms with Gasteiger partial charge >= 0.3 is 35.8 Å². The monoisotopic (exact) mass is 438 g/mol. The first-order chi connectivity index (χ1) is 13.9.